The van der Waals surface area contributed by atoms with Crippen molar-refractivity contribution < 1.29 is 14.7 Å². The van der Waals surface area contributed by atoms with E-state index in [-0.39, 0.29) is 0 Å². The highest BCUT2D eigenvalue weighted by atomic mass is 28.3. The van der Waals surface area contributed by atoms with Gasteiger partial charge in [0.2, 0.25) is 5.84 Å². The molecule has 0 fully saturated rings. The van der Waals surface area contributed by atoms with Crippen LogP contribution in [-0.2, 0) is 4.79 Å². The van der Waals surface area contributed by atoms with E-state index < -0.39 is 14.0 Å². The summed E-state index contributed by atoms with van der Waals surface area (Å²) in [6.07, 6.45) is 0. The number of hydrogen-bond donors (Lipinski definition) is 1. The van der Waals surface area contributed by atoms with E-state index in [1.807, 2.05) is 0 Å². The summed E-state index contributed by atoms with van der Waals surface area (Å²) in [5.74, 6) is 0.799. The number of aliphatic carboxylic acids is 1. The molecule has 4 nitrogen and oxygen atoms in total. The van der Waals surface area contributed by atoms with E-state index >= 15 is 0 Å². The molecule has 0 saturated carbocycles. The van der Waals surface area contributed by atoms with Crippen LogP contribution in [-0.4, -0.2) is 29.8 Å². The zero-order chi connectivity index (χ0) is 9.49. The van der Waals surface area contributed by atoms with Crippen LogP contribution in [0.4, 0.5) is 0 Å². The molecule has 0 bridgehead atoms. The first kappa shape index (κ1) is 12.7. The number of nitrogens with zero attached hydrogens (tertiary/aromatic N) is 2. The van der Waals surface area contributed by atoms with E-state index in [1.54, 1.807) is 5.84 Å². The number of carboxylic acids is 1. The lowest BCUT2D eigenvalue weighted by molar-refractivity contribution is -0.134. The molecule has 0 aliphatic rings. The number of carbonyl (C=O) groups is 1. The van der Waals surface area contributed by atoms with Crippen LogP contribution in [0.25, 0.3) is 5.53 Å². The minimum Gasteiger partial charge on any atom is -0.481 e. The van der Waals surface area contributed by atoms with Crippen LogP contribution < -0.4 is 0 Å². The Kier molecular flexibility index (Phi) is 6.73. The lowest BCUT2D eigenvalue weighted by atomic mass is 10.9. The standard InChI is InChI=1S/C4H10N2Si.C2H4O2/c1-7(2,3)4-6-5;1-2(3)4/h4H,1-3H3;1H3,(H,3,4). The van der Waals surface area contributed by atoms with Gasteiger partial charge in [-0.25, -0.2) is 0 Å². The molecule has 0 amide bonds. The van der Waals surface area contributed by atoms with Gasteiger partial charge in [0.1, 0.15) is 0 Å². The third-order valence-electron chi connectivity index (χ3n) is 0.445. The maximum absolute atomic E-state index is 9.00. The first-order chi connectivity index (χ1) is 4.79. The maximum Gasteiger partial charge on any atom is 0.300 e. The Bertz CT molecular complexity index is 164. The van der Waals surface area contributed by atoms with E-state index in [1.165, 1.54) is 0 Å². The topological polar surface area (TPSA) is 73.7 Å². The van der Waals surface area contributed by atoms with Crippen molar-refractivity contribution in [2.75, 3.05) is 0 Å². The summed E-state index contributed by atoms with van der Waals surface area (Å²) in [5, 5.41) is 7.42. The first-order valence-electron chi connectivity index (χ1n) is 3.17. The van der Waals surface area contributed by atoms with Crippen molar-refractivity contribution in [2.45, 2.75) is 26.6 Å². The molecule has 64 valence electrons. The quantitative estimate of drug-likeness (QED) is 0.281. The SMILES string of the molecule is CC(=O)O.C[Si](C)(C)C=[N+]=[N-]. The minimum atomic E-state index is -1.20. The molecule has 0 unspecified atom stereocenters. The Morgan fingerprint density at radius 3 is 1.82 bits per heavy atom. The van der Waals surface area contributed by atoms with Gasteiger partial charge in [-0.05, 0) is 0 Å². The van der Waals surface area contributed by atoms with Crippen molar-refractivity contribution >= 4 is 19.9 Å². The van der Waals surface area contributed by atoms with Crippen LogP contribution in [0.15, 0.2) is 0 Å². The van der Waals surface area contributed by atoms with Gasteiger partial charge in [-0.3, -0.25) is 4.79 Å². The van der Waals surface area contributed by atoms with Crippen molar-refractivity contribution in [1.82, 2.24) is 0 Å². The van der Waals surface area contributed by atoms with E-state index in [0.29, 0.717) is 0 Å². The average Bonchev–Trinajstić information content (AvgIpc) is 1.58. The van der Waals surface area contributed by atoms with Gasteiger partial charge in [-0.1, -0.05) is 19.6 Å². The molecular formula is C6H14N2O2Si. The number of hydrogen-bond acceptors (Lipinski definition) is 1. The molecular weight excluding hydrogens is 160 g/mol. The largest absolute Gasteiger partial charge is 0.481 e. The third-order valence-corrected chi connectivity index (χ3v) is 1.34. The molecule has 0 aliphatic heterocycles. The molecule has 0 heterocycles. The zero-order valence-corrected chi connectivity index (χ0v) is 8.33. The number of rotatable bonds is 1. The second kappa shape index (κ2) is 5.82. The second-order valence-electron chi connectivity index (χ2n) is 3.13. The minimum absolute atomic E-state index is 0.833. The summed E-state index contributed by atoms with van der Waals surface area (Å²) < 4.78 is 0. The van der Waals surface area contributed by atoms with Gasteiger partial charge in [0.15, 0.2) is 8.07 Å². The Morgan fingerprint density at radius 1 is 1.55 bits per heavy atom. The normalized spacial score (nSPS) is 8.73. The van der Waals surface area contributed by atoms with Crippen LogP contribution in [0.5, 0.6) is 0 Å². The molecule has 5 heteroatoms. The predicted octanol–water partition coefficient (Wildman–Crippen LogP) is 1.26. The smallest absolute Gasteiger partial charge is 0.300 e. The summed E-state index contributed by atoms with van der Waals surface area (Å²) in [7, 11) is -1.20. The monoisotopic (exact) mass is 174 g/mol. The van der Waals surface area contributed by atoms with Gasteiger partial charge in [0.05, 0.1) is 0 Å². The Hall–Kier alpha value is -0.933. The highest BCUT2D eigenvalue weighted by Gasteiger charge is 2.14. The highest BCUT2D eigenvalue weighted by Crippen LogP contribution is 1.91. The molecule has 0 aromatic rings. The first-order valence-corrected chi connectivity index (χ1v) is 6.75. The fourth-order valence-electron chi connectivity index (χ4n) is 0.173. The summed E-state index contributed by atoms with van der Waals surface area (Å²) in [4.78, 5) is 11.9. The zero-order valence-electron chi connectivity index (χ0n) is 7.33. The van der Waals surface area contributed by atoms with E-state index in [4.69, 9.17) is 15.4 Å². The summed E-state index contributed by atoms with van der Waals surface area (Å²) >= 11 is 0. The fourth-order valence-corrected chi connectivity index (χ4v) is 0.520. The summed E-state index contributed by atoms with van der Waals surface area (Å²) in [5.41, 5.74) is 8.01. The average molecular weight is 174 g/mol. The molecule has 0 rings (SSSR count). The van der Waals surface area contributed by atoms with Gasteiger partial charge in [0, 0.05) is 6.92 Å². The van der Waals surface area contributed by atoms with Gasteiger partial charge < -0.3 is 10.6 Å². The second-order valence-corrected chi connectivity index (χ2v) is 8.12. The molecule has 0 spiro atoms. The lowest BCUT2D eigenvalue weighted by Gasteiger charge is -1.95. The summed E-state index contributed by atoms with van der Waals surface area (Å²) in [6, 6.07) is 0. The molecule has 1 N–H and O–H groups in total. The Morgan fingerprint density at radius 2 is 1.82 bits per heavy atom. The fraction of sp³-hybridized carbons (Fsp3) is 0.667. The third kappa shape index (κ3) is 48.1. The highest BCUT2D eigenvalue weighted by molar-refractivity contribution is 6.98. The van der Waals surface area contributed by atoms with Crippen molar-refractivity contribution in [3.05, 3.63) is 5.53 Å². The molecule has 0 saturated heterocycles. The molecule has 0 radical (unpaired) electrons. The predicted molar refractivity (Wildman–Crippen MR) is 46.3 cm³/mol. The van der Waals surface area contributed by atoms with Crippen LogP contribution in [0.2, 0.25) is 19.6 Å². The van der Waals surface area contributed by atoms with Gasteiger partial charge >= 0.3 is 0 Å². The van der Waals surface area contributed by atoms with Crippen LogP contribution in [0.3, 0.4) is 0 Å². The van der Waals surface area contributed by atoms with E-state index in [2.05, 4.69) is 24.4 Å². The van der Waals surface area contributed by atoms with Crippen molar-refractivity contribution in [3.8, 4) is 0 Å². The van der Waals surface area contributed by atoms with Crippen molar-refractivity contribution in [3.63, 3.8) is 0 Å². The maximum atomic E-state index is 9.00. The van der Waals surface area contributed by atoms with Gasteiger partial charge in [0.25, 0.3) is 5.97 Å². The van der Waals surface area contributed by atoms with Crippen LogP contribution in [0, 0.1) is 0 Å². The Balaban J connectivity index is 0. The van der Waals surface area contributed by atoms with Crippen molar-refractivity contribution in [1.29, 1.82) is 0 Å². The van der Waals surface area contributed by atoms with Crippen LogP contribution >= 0.6 is 0 Å². The van der Waals surface area contributed by atoms with Gasteiger partial charge in [-0.15, -0.1) is 0 Å². The molecule has 0 aromatic carbocycles. The summed E-state index contributed by atoms with van der Waals surface area (Å²) in [6.45, 7) is 7.40. The molecule has 11 heavy (non-hydrogen) atoms. The molecule has 0 aromatic heterocycles. The van der Waals surface area contributed by atoms with Crippen LogP contribution in [0.1, 0.15) is 6.92 Å². The molecule has 0 aliphatic carbocycles. The Labute approximate surface area is 67.5 Å². The van der Waals surface area contributed by atoms with Crippen molar-refractivity contribution in [2.24, 2.45) is 0 Å². The lowest BCUT2D eigenvalue weighted by Crippen LogP contribution is -2.22. The number of carboxylic acid groups (broad SMARTS) is 1. The van der Waals surface area contributed by atoms with E-state index in [0.717, 1.165) is 6.92 Å². The van der Waals surface area contributed by atoms with E-state index in [9.17, 15) is 0 Å². The van der Waals surface area contributed by atoms with Gasteiger partial charge in [-0.2, -0.15) is 4.79 Å². The molecule has 0 atom stereocenters.